The molecule has 1 amide bonds. The summed E-state index contributed by atoms with van der Waals surface area (Å²) in [4.78, 5) is 27.4. The van der Waals surface area contributed by atoms with Crippen LogP contribution < -0.4 is 15.4 Å². The number of H-pyrrole nitrogens is 1. The first-order chi connectivity index (χ1) is 16.8. The van der Waals surface area contributed by atoms with Crippen LogP contribution >= 0.6 is 0 Å². The minimum Gasteiger partial charge on any atom is -0.493 e. The fourth-order valence-electron chi connectivity index (χ4n) is 5.06. The lowest BCUT2D eigenvalue weighted by Crippen LogP contribution is -2.54. The molecule has 0 spiro atoms. The molecule has 3 N–H and O–H groups in total. The van der Waals surface area contributed by atoms with Crippen molar-refractivity contribution in [3.63, 3.8) is 0 Å². The van der Waals surface area contributed by atoms with Crippen LogP contribution in [0.15, 0.2) is 24.8 Å². The molecule has 4 aromatic rings. The molecule has 1 fully saturated rings. The molecule has 0 radical (unpaired) electrons. The van der Waals surface area contributed by atoms with Crippen LogP contribution in [0.2, 0.25) is 0 Å². The van der Waals surface area contributed by atoms with Crippen LogP contribution in [0.25, 0.3) is 27.8 Å². The molecule has 0 aromatic carbocycles. The molecule has 0 aliphatic carbocycles. The number of primary amides is 1. The summed E-state index contributed by atoms with van der Waals surface area (Å²) in [5, 5.41) is 4.78. The van der Waals surface area contributed by atoms with Gasteiger partial charge in [0.15, 0.2) is 23.0 Å². The van der Waals surface area contributed by atoms with Gasteiger partial charge in [-0.1, -0.05) is 13.8 Å². The fraction of sp³-hybridized carbons (Fsp3) is 0.417. The van der Waals surface area contributed by atoms with Gasteiger partial charge in [0.25, 0.3) is 0 Å². The van der Waals surface area contributed by atoms with E-state index in [2.05, 4.69) is 20.1 Å². The van der Waals surface area contributed by atoms with Crippen LogP contribution in [-0.2, 0) is 4.79 Å². The monoisotopic (exact) mass is 480 g/mol. The van der Waals surface area contributed by atoms with Crippen molar-refractivity contribution in [1.29, 1.82) is 0 Å². The summed E-state index contributed by atoms with van der Waals surface area (Å²) >= 11 is 0. The second-order valence-corrected chi connectivity index (χ2v) is 9.32. The van der Waals surface area contributed by atoms with Crippen molar-refractivity contribution >= 4 is 28.3 Å². The molecule has 1 atom stereocenters. The molecule has 5 heterocycles. The summed E-state index contributed by atoms with van der Waals surface area (Å²) in [6.07, 6.45) is 5.01. The van der Waals surface area contributed by atoms with Gasteiger partial charge in [-0.25, -0.2) is 18.9 Å². The van der Waals surface area contributed by atoms with E-state index in [1.165, 1.54) is 6.33 Å². The number of hydrogen-bond donors (Lipinski definition) is 2. The predicted molar refractivity (Wildman–Crippen MR) is 131 cm³/mol. The highest BCUT2D eigenvalue weighted by Gasteiger charge is 2.30. The van der Waals surface area contributed by atoms with Gasteiger partial charge >= 0.3 is 0 Å². The van der Waals surface area contributed by atoms with Crippen molar-refractivity contribution in [2.24, 2.45) is 5.73 Å². The third-order valence-corrected chi connectivity index (χ3v) is 6.59. The number of ether oxygens (including phenoxy) is 1. The van der Waals surface area contributed by atoms with Crippen LogP contribution in [0, 0.1) is 5.82 Å². The van der Waals surface area contributed by atoms with E-state index in [0.29, 0.717) is 47.8 Å². The normalized spacial score (nSPS) is 17.1. The highest BCUT2D eigenvalue weighted by molar-refractivity contribution is 5.93. The van der Waals surface area contributed by atoms with Gasteiger partial charge in [-0.2, -0.15) is 5.10 Å². The second kappa shape index (κ2) is 8.81. The van der Waals surface area contributed by atoms with E-state index < -0.39 is 0 Å². The number of carbonyl (C=O) groups is 1. The minimum absolute atomic E-state index is 0.0255. The number of rotatable bonds is 6. The van der Waals surface area contributed by atoms with E-state index in [1.807, 2.05) is 42.8 Å². The number of nitrogens with one attached hydrogen (secondary N) is 1. The first kappa shape index (κ1) is 23.0. The molecular weight excluding hydrogens is 451 g/mol. The molecule has 10 nitrogen and oxygen atoms in total. The van der Waals surface area contributed by atoms with Crippen molar-refractivity contribution < 1.29 is 13.9 Å². The number of carbonyl (C=O) groups excluding carboxylic acids is 1. The SMILES string of the molecule is COc1cc(-c2[nH]c3cnc(N4CCN(CC(N)=O)C[C@H]4C)c(F)c3c2C(C)C)cn2ncnc12. The summed E-state index contributed by atoms with van der Waals surface area (Å²) in [6.45, 7) is 8.06. The molecule has 0 bridgehead atoms. The van der Waals surface area contributed by atoms with Crippen LogP contribution in [0.4, 0.5) is 10.2 Å². The second-order valence-electron chi connectivity index (χ2n) is 9.32. The van der Waals surface area contributed by atoms with Gasteiger partial charge in [0, 0.05) is 42.8 Å². The predicted octanol–water partition coefficient (Wildman–Crippen LogP) is 2.54. The van der Waals surface area contributed by atoms with E-state index in [1.54, 1.807) is 17.8 Å². The summed E-state index contributed by atoms with van der Waals surface area (Å²) in [5.41, 5.74) is 9.06. The maximum Gasteiger partial charge on any atom is 0.231 e. The Morgan fingerprint density at radius 1 is 1.34 bits per heavy atom. The van der Waals surface area contributed by atoms with Gasteiger partial charge in [0.2, 0.25) is 5.91 Å². The average molecular weight is 481 g/mol. The van der Waals surface area contributed by atoms with Gasteiger partial charge in [-0.05, 0) is 24.5 Å². The number of piperazine rings is 1. The third-order valence-electron chi connectivity index (χ3n) is 6.59. The number of aromatic amines is 1. The zero-order valence-electron chi connectivity index (χ0n) is 20.2. The Hall–Kier alpha value is -3.73. The maximum absolute atomic E-state index is 16.2. The number of hydrogen-bond acceptors (Lipinski definition) is 7. The number of methoxy groups -OCH3 is 1. The Bertz CT molecular complexity index is 1410. The highest BCUT2D eigenvalue weighted by Crippen LogP contribution is 2.40. The zero-order chi connectivity index (χ0) is 24.9. The number of fused-ring (bicyclic) bond motifs is 2. The topological polar surface area (TPSA) is 118 Å². The van der Waals surface area contributed by atoms with E-state index in [9.17, 15) is 4.79 Å². The molecule has 11 heteroatoms. The summed E-state index contributed by atoms with van der Waals surface area (Å²) in [7, 11) is 1.59. The van der Waals surface area contributed by atoms with Crippen molar-refractivity contribution in [2.75, 3.05) is 38.2 Å². The number of amides is 1. The number of aromatic nitrogens is 5. The first-order valence-corrected chi connectivity index (χ1v) is 11.6. The largest absolute Gasteiger partial charge is 0.493 e. The molecule has 4 aromatic heterocycles. The lowest BCUT2D eigenvalue weighted by molar-refractivity contribution is -0.119. The van der Waals surface area contributed by atoms with E-state index >= 15 is 4.39 Å². The van der Waals surface area contributed by atoms with Crippen molar-refractivity contribution in [3.8, 4) is 17.0 Å². The van der Waals surface area contributed by atoms with Crippen LogP contribution in [-0.4, -0.2) is 74.7 Å². The van der Waals surface area contributed by atoms with Gasteiger partial charge in [-0.15, -0.1) is 0 Å². The van der Waals surface area contributed by atoms with Gasteiger partial charge < -0.3 is 20.4 Å². The minimum atomic E-state index is -0.362. The number of pyridine rings is 2. The summed E-state index contributed by atoms with van der Waals surface area (Å²) in [6, 6.07) is 1.86. The number of anilines is 1. The third kappa shape index (κ3) is 3.95. The molecule has 35 heavy (non-hydrogen) atoms. The number of nitrogens with two attached hydrogens (primary N) is 1. The van der Waals surface area contributed by atoms with Gasteiger partial charge in [0.05, 0.1) is 31.1 Å². The summed E-state index contributed by atoms with van der Waals surface area (Å²) < 4.78 is 23.3. The van der Waals surface area contributed by atoms with Crippen LogP contribution in [0.1, 0.15) is 32.3 Å². The Balaban J connectivity index is 1.60. The average Bonchev–Trinajstić information content (AvgIpc) is 3.44. The van der Waals surface area contributed by atoms with Crippen LogP contribution in [0.3, 0.4) is 0 Å². The van der Waals surface area contributed by atoms with E-state index in [4.69, 9.17) is 10.5 Å². The molecule has 1 aliphatic rings. The Kier molecular flexibility index (Phi) is 5.79. The lowest BCUT2D eigenvalue weighted by Gasteiger charge is -2.40. The molecule has 184 valence electrons. The lowest BCUT2D eigenvalue weighted by atomic mass is 9.96. The zero-order valence-corrected chi connectivity index (χ0v) is 20.2. The number of nitrogens with zero attached hydrogens (tertiary/aromatic N) is 6. The molecule has 1 aliphatic heterocycles. The first-order valence-electron chi connectivity index (χ1n) is 11.6. The molecule has 0 unspecified atom stereocenters. The highest BCUT2D eigenvalue weighted by atomic mass is 19.1. The van der Waals surface area contributed by atoms with Crippen molar-refractivity contribution in [2.45, 2.75) is 32.7 Å². The maximum atomic E-state index is 16.2. The molecule has 1 saturated heterocycles. The van der Waals surface area contributed by atoms with Gasteiger partial charge in [-0.3, -0.25) is 9.69 Å². The number of halogens is 1. The van der Waals surface area contributed by atoms with Crippen molar-refractivity contribution in [1.82, 2.24) is 29.5 Å². The standard InChI is InChI=1S/C24H29FN8O2/c1-13(2)19-20-16(30-22(19)15-7-17(35-4)23-28-12-29-33(23)10-15)8-27-24(21(20)25)32-6-5-31(9-14(32)3)11-18(26)34/h7-8,10,12-14,30H,5-6,9,11H2,1-4H3,(H2,26,34)/t14-/m1/s1. The fourth-order valence-corrected chi connectivity index (χ4v) is 5.06. The quantitative estimate of drug-likeness (QED) is 0.435. The van der Waals surface area contributed by atoms with E-state index in [0.717, 1.165) is 16.8 Å². The van der Waals surface area contributed by atoms with Crippen molar-refractivity contribution in [3.05, 3.63) is 36.2 Å². The molecule has 0 saturated carbocycles. The van der Waals surface area contributed by atoms with E-state index in [-0.39, 0.29) is 30.2 Å². The van der Waals surface area contributed by atoms with Gasteiger partial charge in [0.1, 0.15) is 6.33 Å². The van der Waals surface area contributed by atoms with Crippen LogP contribution in [0.5, 0.6) is 5.75 Å². The smallest absolute Gasteiger partial charge is 0.231 e. The Morgan fingerprint density at radius 3 is 2.83 bits per heavy atom. The Morgan fingerprint density at radius 2 is 2.14 bits per heavy atom. The molecular formula is C24H29FN8O2. The Labute approximate surface area is 201 Å². The summed E-state index contributed by atoms with van der Waals surface area (Å²) in [5.74, 6) is 0.220. The molecule has 5 rings (SSSR count).